The number of fused-ring (bicyclic) bond motifs is 1. The molecule has 7 nitrogen and oxygen atoms in total. The van der Waals surface area contributed by atoms with Crippen molar-refractivity contribution >= 4 is 46.6 Å². The summed E-state index contributed by atoms with van der Waals surface area (Å²) in [7, 11) is 2.89. The van der Waals surface area contributed by atoms with E-state index in [2.05, 4.69) is 0 Å². The van der Waals surface area contributed by atoms with Crippen LogP contribution < -0.4 is 24.4 Å². The third-order valence-corrected chi connectivity index (χ3v) is 8.35. The Morgan fingerprint density at radius 2 is 1.80 bits per heavy atom. The van der Waals surface area contributed by atoms with Crippen molar-refractivity contribution in [3.05, 3.63) is 124 Å². The minimum absolute atomic E-state index is 0.252. The molecule has 0 saturated carbocycles. The van der Waals surface area contributed by atoms with Gasteiger partial charge in [0.1, 0.15) is 6.61 Å². The summed E-state index contributed by atoms with van der Waals surface area (Å²) in [5, 5.41) is 0.931. The van der Waals surface area contributed by atoms with Gasteiger partial charge in [-0.25, -0.2) is 9.79 Å². The molecule has 0 radical (unpaired) electrons. The first-order chi connectivity index (χ1) is 19.8. The molecule has 0 N–H and O–H groups in total. The van der Waals surface area contributed by atoms with Crippen molar-refractivity contribution in [1.82, 2.24) is 4.57 Å². The first-order valence-corrected chi connectivity index (χ1v) is 14.3. The Hall–Kier alpha value is -3.85. The maximum atomic E-state index is 13.8. The number of carbonyl (C=O) groups excluding carboxylic acids is 1. The monoisotopic (exact) mass is 608 g/mol. The van der Waals surface area contributed by atoms with E-state index in [9.17, 15) is 9.59 Å². The molecular formula is C31H26Cl2N2O5S. The van der Waals surface area contributed by atoms with E-state index in [1.54, 1.807) is 42.0 Å². The molecule has 5 rings (SSSR count). The predicted molar refractivity (Wildman–Crippen MR) is 161 cm³/mol. The van der Waals surface area contributed by atoms with Gasteiger partial charge in [-0.1, -0.05) is 83.9 Å². The van der Waals surface area contributed by atoms with E-state index in [4.69, 9.17) is 42.4 Å². The third kappa shape index (κ3) is 5.81. The fourth-order valence-electron chi connectivity index (χ4n) is 4.65. The second-order valence-corrected chi connectivity index (χ2v) is 11.0. The average Bonchev–Trinajstić information content (AvgIpc) is 3.31. The number of hydrogen-bond acceptors (Lipinski definition) is 7. The zero-order valence-electron chi connectivity index (χ0n) is 22.5. The lowest BCUT2D eigenvalue weighted by Gasteiger charge is -2.25. The molecule has 0 aliphatic carbocycles. The second kappa shape index (κ2) is 12.3. The summed E-state index contributed by atoms with van der Waals surface area (Å²) in [5.41, 5.74) is 3.11. The molecule has 1 aliphatic rings. The molecule has 2 heterocycles. The first kappa shape index (κ1) is 28.7. The number of hydrogen-bond donors (Lipinski definition) is 0. The Morgan fingerprint density at radius 3 is 2.49 bits per heavy atom. The average molecular weight is 610 g/mol. The lowest BCUT2D eigenvalue weighted by atomic mass is 9.95. The normalized spacial score (nSPS) is 14.9. The molecule has 41 heavy (non-hydrogen) atoms. The van der Waals surface area contributed by atoms with Gasteiger partial charge in [0, 0.05) is 0 Å². The van der Waals surface area contributed by atoms with Crippen molar-refractivity contribution in [3.63, 3.8) is 0 Å². The molecule has 1 aliphatic heterocycles. The van der Waals surface area contributed by atoms with E-state index in [0.29, 0.717) is 48.6 Å². The van der Waals surface area contributed by atoms with Crippen molar-refractivity contribution in [2.75, 3.05) is 14.2 Å². The molecule has 4 aromatic rings. The molecule has 0 spiro atoms. The molecule has 0 fully saturated rings. The fraction of sp³-hybridized carbons (Fsp3) is 0.194. The van der Waals surface area contributed by atoms with Crippen molar-refractivity contribution in [2.45, 2.75) is 26.0 Å². The van der Waals surface area contributed by atoms with E-state index >= 15 is 0 Å². The summed E-state index contributed by atoms with van der Waals surface area (Å²) in [5.74, 6) is 0.543. The number of allylic oxidation sites excluding steroid dienone is 1. The lowest BCUT2D eigenvalue weighted by Crippen LogP contribution is -2.40. The summed E-state index contributed by atoms with van der Waals surface area (Å²) in [6.07, 6.45) is 2.30. The number of rotatable bonds is 8. The molecule has 10 heteroatoms. The topological polar surface area (TPSA) is 79.1 Å². The quantitative estimate of drug-likeness (QED) is 0.240. The van der Waals surface area contributed by atoms with Gasteiger partial charge < -0.3 is 14.2 Å². The number of ether oxygens (including phenoxy) is 3. The SMILES string of the molecule is CCC1=C(C(=O)OC)[C@H](c2ccccc2)n2c(s/c(=C\c3ccc(OCc4ccc(Cl)c(Cl)c4)c(OC)c3)c2=O)=N1. The summed E-state index contributed by atoms with van der Waals surface area (Å²) < 4.78 is 18.7. The molecule has 210 valence electrons. The number of nitrogens with zero attached hydrogens (tertiary/aromatic N) is 2. The highest BCUT2D eigenvalue weighted by atomic mass is 35.5. The van der Waals surface area contributed by atoms with Gasteiger partial charge in [0.25, 0.3) is 5.56 Å². The lowest BCUT2D eigenvalue weighted by molar-refractivity contribution is -0.136. The molecule has 3 aromatic carbocycles. The number of aromatic nitrogens is 1. The van der Waals surface area contributed by atoms with Crippen LogP contribution in [0.2, 0.25) is 10.0 Å². The summed E-state index contributed by atoms with van der Waals surface area (Å²) in [6, 6.07) is 19.5. The molecule has 0 amide bonds. The summed E-state index contributed by atoms with van der Waals surface area (Å²) in [6.45, 7) is 2.20. The van der Waals surface area contributed by atoms with Crippen LogP contribution in [0.3, 0.4) is 0 Å². The number of carbonyl (C=O) groups is 1. The molecule has 0 unspecified atom stereocenters. The highest BCUT2D eigenvalue weighted by Gasteiger charge is 2.33. The van der Waals surface area contributed by atoms with Gasteiger partial charge in [-0.15, -0.1) is 0 Å². The Bertz CT molecular complexity index is 1830. The van der Waals surface area contributed by atoms with Crippen LogP contribution in [0.15, 0.2) is 87.8 Å². The number of esters is 1. The highest BCUT2D eigenvalue weighted by Crippen LogP contribution is 2.32. The van der Waals surface area contributed by atoms with E-state index < -0.39 is 12.0 Å². The van der Waals surface area contributed by atoms with Crippen molar-refractivity contribution < 1.29 is 19.0 Å². The van der Waals surface area contributed by atoms with Gasteiger partial charge >= 0.3 is 5.97 Å². The first-order valence-electron chi connectivity index (χ1n) is 12.8. The predicted octanol–water partition coefficient (Wildman–Crippen LogP) is 5.69. The van der Waals surface area contributed by atoms with Crippen LogP contribution in [0.4, 0.5) is 0 Å². The zero-order chi connectivity index (χ0) is 29.1. The largest absolute Gasteiger partial charge is 0.493 e. The fourth-order valence-corrected chi connectivity index (χ4v) is 5.99. The molecule has 1 aromatic heterocycles. The molecule has 0 saturated heterocycles. The standard InChI is InChI=1S/C31H26Cl2N2O5S/c1-4-23-27(30(37)39-3)28(20-8-6-5-7-9-20)35-29(36)26(41-31(35)34-23)16-18-11-13-24(25(15-18)38-2)40-17-19-10-12-21(32)22(33)14-19/h5-16,28H,4,17H2,1-3H3/b26-16-/t28-/m0/s1. The van der Waals surface area contributed by atoms with Gasteiger partial charge in [-0.05, 0) is 53.5 Å². The minimum atomic E-state index is -0.649. The molecule has 1 atom stereocenters. The second-order valence-electron chi connectivity index (χ2n) is 9.15. The van der Waals surface area contributed by atoms with Crippen LogP contribution >= 0.6 is 34.5 Å². The number of methoxy groups -OCH3 is 2. The van der Waals surface area contributed by atoms with Gasteiger partial charge in [0.15, 0.2) is 16.3 Å². The van der Waals surface area contributed by atoms with Crippen LogP contribution in [0.25, 0.3) is 6.08 Å². The number of thiazole rings is 1. The summed E-state index contributed by atoms with van der Waals surface area (Å²) >= 11 is 13.4. The van der Waals surface area contributed by atoms with Crippen LogP contribution in [0, 0.1) is 0 Å². The van der Waals surface area contributed by atoms with Crippen molar-refractivity contribution in [3.8, 4) is 11.5 Å². The third-order valence-electron chi connectivity index (χ3n) is 6.63. The number of halogens is 2. The smallest absolute Gasteiger partial charge is 0.338 e. The van der Waals surface area contributed by atoms with Crippen molar-refractivity contribution in [2.24, 2.45) is 4.99 Å². The van der Waals surface area contributed by atoms with Gasteiger partial charge in [0.05, 0.1) is 46.1 Å². The Kier molecular flexibility index (Phi) is 8.63. The molecule has 0 bridgehead atoms. The Morgan fingerprint density at radius 1 is 1.02 bits per heavy atom. The van der Waals surface area contributed by atoms with E-state index in [0.717, 1.165) is 16.7 Å². The van der Waals surface area contributed by atoms with Crippen LogP contribution in [0.5, 0.6) is 11.5 Å². The van der Waals surface area contributed by atoms with Crippen LogP contribution in [-0.4, -0.2) is 24.8 Å². The van der Waals surface area contributed by atoms with E-state index in [1.807, 2.05) is 49.4 Å². The van der Waals surface area contributed by atoms with Crippen LogP contribution in [-0.2, 0) is 16.1 Å². The summed E-state index contributed by atoms with van der Waals surface area (Å²) in [4.78, 5) is 32.0. The van der Waals surface area contributed by atoms with Crippen LogP contribution in [0.1, 0.15) is 36.1 Å². The van der Waals surface area contributed by atoms with E-state index in [-0.39, 0.29) is 12.2 Å². The number of benzene rings is 3. The van der Waals surface area contributed by atoms with Gasteiger partial charge in [-0.2, -0.15) is 0 Å². The van der Waals surface area contributed by atoms with E-state index in [1.165, 1.54) is 18.4 Å². The van der Waals surface area contributed by atoms with Crippen molar-refractivity contribution in [1.29, 1.82) is 0 Å². The molecular weight excluding hydrogens is 583 g/mol. The minimum Gasteiger partial charge on any atom is -0.493 e. The maximum absolute atomic E-state index is 13.8. The highest BCUT2D eigenvalue weighted by molar-refractivity contribution is 7.07. The zero-order valence-corrected chi connectivity index (χ0v) is 24.8. The van der Waals surface area contributed by atoms with Gasteiger partial charge in [-0.3, -0.25) is 9.36 Å². The maximum Gasteiger partial charge on any atom is 0.338 e. The Balaban J connectivity index is 1.54. The van der Waals surface area contributed by atoms with Gasteiger partial charge in [0.2, 0.25) is 0 Å². The Labute approximate surface area is 250 Å².